The van der Waals surface area contributed by atoms with Gasteiger partial charge in [0, 0.05) is 0 Å². The fourth-order valence-electron chi connectivity index (χ4n) is 0.176. The van der Waals surface area contributed by atoms with Crippen molar-refractivity contribution in [2.24, 2.45) is 0 Å². The van der Waals surface area contributed by atoms with Crippen molar-refractivity contribution < 1.29 is 4.52 Å². The number of hydrogen-bond acceptors (Lipinski definition) is 2. The Morgan fingerprint density at radius 1 is 0.909 bits per heavy atom. The third-order valence-corrected chi connectivity index (χ3v) is 0.347. The molecule has 11 heavy (non-hydrogen) atoms. The Hall–Kier alpha value is -0.790. The maximum absolute atomic E-state index is 4.33. The second-order valence-corrected chi connectivity index (χ2v) is 0.688. The molecule has 0 bridgehead atoms. The lowest BCUT2D eigenvalue weighted by Crippen LogP contribution is -1.38. The standard InChI is InChI=1S/C3H3NO.3C2H6/c1-2-4-5-3-1;3*1-2/h1-3H;3*1-2H3. The van der Waals surface area contributed by atoms with Crippen LogP contribution in [0.4, 0.5) is 0 Å². The van der Waals surface area contributed by atoms with Crippen molar-refractivity contribution in [3.63, 3.8) is 0 Å². The fourth-order valence-corrected chi connectivity index (χ4v) is 0.176. The van der Waals surface area contributed by atoms with Gasteiger partial charge < -0.3 is 4.52 Å². The van der Waals surface area contributed by atoms with E-state index in [2.05, 4.69) is 9.68 Å². The molecule has 2 heteroatoms. The largest absolute Gasteiger partial charge is 0.365 e. The van der Waals surface area contributed by atoms with Gasteiger partial charge in [-0.25, -0.2) is 0 Å². The number of nitrogens with zero attached hydrogens (tertiary/aromatic N) is 1. The van der Waals surface area contributed by atoms with E-state index in [-0.39, 0.29) is 0 Å². The van der Waals surface area contributed by atoms with E-state index in [0.29, 0.717) is 0 Å². The zero-order valence-corrected chi connectivity index (χ0v) is 8.59. The van der Waals surface area contributed by atoms with Gasteiger partial charge in [-0.3, -0.25) is 0 Å². The molecule has 0 radical (unpaired) electrons. The highest BCUT2D eigenvalue weighted by atomic mass is 16.5. The normalized spacial score (nSPS) is 5.27. The van der Waals surface area contributed by atoms with Gasteiger partial charge in [-0.2, -0.15) is 0 Å². The van der Waals surface area contributed by atoms with Crippen LogP contribution in [0, 0.1) is 0 Å². The summed E-state index contributed by atoms with van der Waals surface area (Å²) in [5, 5.41) is 3.35. The molecule has 0 spiro atoms. The van der Waals surface area contributed by atoms with Gasteiger partial charge in [0.25, 0.3) is 0 Å². The van der Waals surface area contributed by atoms with Gasteiger partial charge in [-0.15, -0.1) is 0 Å². The molecule has 0 atom stereocenters. The summed E-state index contributed by atoms with van der Waals surface area (Å²) in [6, 6.07) is 1.72. The molecule has 1 rings (SSSR count). The first-order chi connectivity index (χ1) is 5.50. The SMILES string of the molecule is CC.CC.CC.c1cnoc1. The predicted molar refractivity (Wildman–Crippen MR) is 50.5 cm³/mol. The Bertz CT molecular complexity index is 66.0. The maximum atomic E-state index is 4.33. The second-order valence-electron chi connectivity index (χ2n) is 0.688. The summed E-state index contributed by atoms with van der Waals surface area (Å²) >= 11 is 0. The highest BCUT2D eigenvalue weighted by molar-refractivity contribution is 4.67. The molecule has 1 aromatic heterocycles. The van der Waals surface area contributed by atoms with Gasteiger partial charge in [-0.1, -0.05) is 46.7 Å². The summed E-state index contributed by atoms with van der Waals surface area (Å²) < 4.78 is 4.33. The van der Waals surface area contributed by atoms with E-state index in [0.717, 1.165) is 0 Å². The van der Waals surface area contributed by atoms with E-state index in [1.165, 1.54) is 6.26 Å². The highest BCUT2D eigenvalue weighted by Crippen LogP contribution is 1.72. The molecular formula is C9H21NO. The molecule has 1 aromatic rings. The van der Waals surface area contributed by atoms with Crippen molar-refractivity contribution in [1.82, 2.24) is 5.16 Å². The molecule has 0 N–H and O–H groups in total. The van der Waals surface area contributed by atoms with E-state index in [9.17, 15) is 0 Å². The van der Waals surface area contributed by atoms with E-state index >= 15 is 0 Å². The lowest BCUT2D eigenvalue weighted by Gasteiger charge is -1.48. The van der Waals surface area contributed by atoms with Crippen LogP contribution in [0.25, 0.3) is 0 Å². The van der Waals surface area contributed by atoms with E-state index < -0.39 is 0 Å². The molecule has 0 aliphatic heterocycles. The van der Waals surface area contributed by atoms with Crippen LogP contribution in [-0.4, -0.2) is 5.16 Å². The van der Waals surface area contributed by atoms with Gasteiger partial charge in [0.1, 0.15) is 6.26 Å². The van der Waals surface area contributed by atoms with Crippen LogP contribution in [0.3, 0.4) is 0 Å². The Labute approximate surface area is 70.6 Å². The fraction of sp³-hybridized carbons (Fsp3) is 0.667. The number of rotatable bonds is 0. The lowest BCUT2D eigenvalue weighted by atomic mass is 10.8. The first kappa shape index (κ1) is 16.7. The third kappa shape index (κ3) is 27.0. The summed E-state index contributed by atoms with van der Waals surface area (Å²) in [6.07, 6.45) is 3.10. The summed E-state index contributed by atoms with van der Waals surface area (Å²) in [6.45, 7) is 12.0. The van der Waals surface area contributed by atoms with Crippen molar-refractivity contribution in [1.29, 1.82) is 0 Å². The zero-order valence-electron chi connectivity index (χ0n) is 8.59. The monoisotopic (exact) mass is 159 g/mol. The smallest absolute Gasteiger partial charge is 0.123 e. The van der Waals surface area contributed by atoms with E-state index in [1.54, 1.807) is 12.3 Å². The van der Waals surface area contributed by atoms with Crippen molar-refractivity contribution in [3.05, 3.63) is 18.5 Å². The van der Waals surface area contributed by atoms with Crippen molar-refractivity contribution in [3.8, 4) is 0 Å². The average molecular weight is 159 g/mol. The minimum Gasteiger partial charge on any atom is -0.365 e. The lowest BCUT2D eigenvalue weighted by molar-refractivity contribution is 0.420. The Morgan fingerprint density at radius 2 is 1.36 bits per heavy atom. The van der Waals surface area contributed by atoms with E-state index in [1.807, 2.05) is 41.5 Å². The minimum absolute atomic E-state index is 1.51. The topological polar surface area (TPSA) is 26.0 Å². The summed E-state index contributed by atoms with van der Waals surface area (Å²) in [5.41, 5.74) is 0. The van der Waals surface area contributed by atoms with Gasteiger partial charge in [-0.05, 0) is 6.07 Å². The van der Waals surface area contributed by atoms with Crippen LogP contribution in [0.1, 0.15) is 41.5 Å². The average Bonchev–Trinajstić information content (AvgIpc) is 2.71. The molecule has 0 aromatic carbocycles. The maximum Gasteiger partial charge on any atom is 0.123 e. The predicted octanol–water partition coefficient (Wildman–Crippen LogP) is 3.75. The molecule has 68 valence electrons. The van der Waals surface area contributed by atoms with Crippen LogP contribution in [-0.2, 0) is 0 Å². The van der Waals surface area contributed by atoms with Gasteiger partial charge in [0.15, 0.2) is 0 Å². The summed E-state index contributed by atoms with van der Waals surface area (Å²) in [7, 11) is 0. The molecule has 0 saturated carbocycles. The molecule has 0 aliphatic carbocycles. The molecular weight excluding hydrogens is 138 g/mol. The Kier molecular flexibility index (Phi) is 53.0. The molecule has 0 saturated heterocycles. The Balaban J connectivity index is -0.0000000933. The molecule has 0 amide bonds. The van der Waals surface area contributed by atoms with Crippen molar-refractivity contribution in [2.75, 3.05) is 0 Å². The van der Waals surface area contributed by atoms with Crippen molar-refractivity contribution in [2.45, 2.75) is 41.5 Å². The van der Waals surface area contributed by atoms with E-state index in [4.69, 9.17) is 0 Å². The number of hydrogen-bond donors (Lipinski definition) is 0. The van der Waals surface area contributed by atoms with Crippen LogP contribution in [0.15, 0.2) is 23.0 Å². The van der Waals surface area contributed by atoms with Gasteiger partial charge in [0.2, 0.25) is 0 Å². The first-order valence-electron chi connectivity index (χ1n) is 4.34. The van der Waals surface area contributed by atoms with Crippen LogP contribution in [0.5, 0.6) is 0 Å². The summed E-state index contributed by atoms with van der Waals surface area (Å²) in [5.74, 6) is 0. The van der Waals surface area contributed by atoms with Crippen LogP contribution >= 0.6 is 0 Å². The van der Waals surface area contributed by atoms with Gasteiger partial charge in [0.05, 0.1) is 6.20 Å². The Morgan fingerprint density at radius 3 is 1.45 bits per heavy atom. The van der Waals surface area contributed by atoms with Gasteiger partial charge >= 0.3 is 0 Å². The highest BCUT2D eigenvalue weighted by Gasteiger charge is 1.60. The zero-order chi connectivity index (χ0) is 9.54. The summed E-state index contributed by atoms with van der Waals surface area (Å²) in [4.78, 5) is 0. The second kappa shape index (κ2) is 35.0. The van der Waals surface area contributed by atoms with Crippen LogP contribution < -0.4 is 0 Å². The molecule has 0 unspecified atom stereocenters. The minimum atomic E-state index is 1.51. The molecule has 1 heterocycles. The van der Waals surface area contributed by atoms with Crippen molar-refractivity contribution >= 4 is 0 Å². The third-order valence-electron chi connectivity index (χ3n) is 0.347. The quantitative estimate of drug-likeness (QED) is 0.576. The molecule has 0 aliphatic rings. The molecule has 2 nitrogen and oxygen atoms in total. The first-order valence-corrected chi connectivity index (χ1v) is 4.34. The number of aromatic nitrogens is 1. The molecule has 0 fully saturated rings. The van der Waals surface area contributed by atoms with Crippen LogP contribution in [0.2, 0.25) is 0 Å².